The van der Waals surface area contributed by atoms with E-state index in [9.17, 15) is 4.79 Å². The highest BCUT2D eigenvalue weighted by Crippen LogP contribution is 2.45. The number of aliphatic imine (C=N–C) groups is 1. The number of carbonyl (C=O) groups is 1. The molecular weight excluding hydrogens is 578 g/mol. The van der Waals surface area contributed by atoms with Crippen molar-refractivity contribution in [3.05, 3.63) is 87.5 Å². The van der Waals surface area contributed by atoms with E-state index in [1.54, 1.807) is 41.0 Å². The number of nitrogens with one attached hydrogen (secondary N) is 1. The summed E-state index contributed by atoms with van der Waals surface area (Å²) in [5.41, 5.74) is 3.69. The first-order valence-corrected chi connectivity index (χ1v) is 15.9. The maximum atomic E-state index is 13.6. The average molecular weight is 606 g/mol. The molecule has 6 rings (SSSR count). The fourth-order valence-corrected chi connectivity index (χ4v) is 8.29. The smallest absolute Gasteiger partial charge is 0.259 e. The van der Waals surface area contributed by atoms with Crippen molar-refractivity contribution in [1.82, 2.24) is 4.98 Å². The molecule has 0 spiro atoms. The summed E-state index contributed by atoms with van der Waals surface area (Å²) in [5.74, 6) is 1.05. The molecule has 0 unspecified atom stereocenters. The number of aromatic nitrogens is 1. The van der Waals surface area contributed by atoms with E-state index in [1.807, 2.05) is 42.5 Å². The van der Waals surface area contributed by atoms with Crippen LogP contribution < -0.4 is 5.32 Å². The summed E-state index contributed by atoms with van der Waals surface area (Å²) in [6.07, 6.45) is 4.60. The van der Waals surface area contributed by atoms with Crippen molar-refractivity contribution in [3.63, 3.8) is 0 Å². The molecule has 1 atom stereocenters. The number of amides is 1. The number of anilines is 1. The SMILES string of the molecule is CC(C)(C)[C@@H]1CCc2c(sc(N=Cc3ccc(Sc4nc5ccccc5s4)o3)c2C(=O)Nc2ccc(Cl)cc2)C1. The lowest BCUT2D eigenvalue weighted by Gasteiger charge is -2.33. The van der Waals surface area contributed by atoms with Gasteiger partial charge in [0.05, 0.1) is 22.0 Å². The van der Waals surface area contributed by atoms with Gasteiger partial charge in [0.25, 0.3) is 5.91 Å². The number of furan rings is 1. The summed E-state index contributed by atoms with van der Waals surface area (Å²) < 4.78 is 8.13. The highest BCUT2D eigenvalue weighted by atomic mass is 35.5. The number of carbonyl (C=O) groups excluding carboxylic acids is 1. The van der Waals surface area contributed by atoms with Crippen LogP contribution in [-0.2, 0) is 12.8 Å². The summed E-state index contributed by atoms with van der Waals surface area (Å²) in [4.78, 5) is 24.3. The number of fused-ring (bicyclic) bond motifs is 2. The van der Waals surface area contributed by atoms with Gasteiger partial charge in [-0.1, -0.05) is 44.5 Å². The number of thiophene rings is 1. The Morgan fingerprint density at radius 2 is 1.93 bits per heavy atom. The van der Waals surface area contributed by atoms with E-state index in [0.717, 1.165) is 44.5 Å². The average Bonchev–Trinajstić information content (AvgIpc) is 3.64. The van der Waals surface area contributed by atoms with Crippen molar-refractivity contribution in [2.75, 3.05) is 5.32 Å². The van der Waals surface area contributed by atoms with Gasteiger partial charge in [0, 0.05) is 15.6 Å². The van der Waals surface area contributed by atoms with E-state index < -0.39 is 0 Å². The van der Waals surface area contributed by atoms with Gasteiger partial charge in [-0.15, -0.1) is 22.7 Å². The van der Waals surface area contributed by atoms with Crippen LogP contribution in [0.2, 0.25) is 5.02 Å². The molecule has 1 amide bonds. The third-order valence-electron chi connectivity index (χ3n) is 7.17. The molecule has 40 heavy (non-hydrogen) atoms. The topological polar surface area (TPSA) is 67.5 Å². The Kier molecular flexibility index (Phi) is 7.61. The van der Waals surface area contributed by atoms with Crippen LogP contribution in [0.4, 0.5) is 10.7 Å². The van der Waals surface area contributed by atoms with Gasteiger partial charge in [-0.3, -0.25) is 4.79 Å². The Morgan fingerprint density at radius 1 is 1.12 bits per heavy atom. The number of halogens is 1. The molecule has 0 aliphatic heterocycles. The van der Waals surface area contributed by atoms with E-state index in [2.05, 4.69) is 37.1 Å². The number of hydrogen-bond donors (Lipinski definition) is 1. The summed E-state index contributed by atoms with van der Waals surface area (Å²) in [7, 11) is 0. The maximum Gasteiger partial charge on any atom is 0.259 e. The molecule has 0 fully saturated rings. The minimum absolute atomic E-state index is 0.146. The number of para-hydroxylation sites is 1. The van der Waals surface area contributed by atoms with Gasteiger partial charge in [0.2, 0.25) is 0 Å². The predicted molar refractivity (Wildman–Crippen MR) is 168 cm³/mol. The van der Waals surface area contributed by atoms with E-state index in [-0.39, 0.29) is 11.3 Å². The predicted octanol–water partition coefficient (Wildman–Crippen LogP) is 9.91. The number of rotatable bonds is 6. The molecule has 0 bridgehead atoms. The van der Waals surface area contributed by atoms with E-state index in [1.165, 1.54) is 16.6 Å². The van der Waals surface area contributed by atoms with Crippen molar-refractivity contribution in [2.24, 2.45) is 16.3 Å². The largest absolute Gasteiger partial charge is 0.448 e. The second-order valence-corrected chi connectivity index (χ2v) is 14.7. The first-order chi connectivity index (χ1) is 19.2. The molecular formula is C31H28ClN3O2S3. The Balaban J connectivity index is 1.26. The third-order valence-corrected chi connectivity index (χ3v) is 10.6. The van der Waals surface area contributed by atoms with Gasteiger partial charge in [0.1, 0.15) is 10.8 Å². The lowest BCUT2D eigenvalue weighted by Crippen LogP contribution is -2.27. The van der Waals surface area contributed by atoms with Gasteiger partial charge in [0.15, 0.2) is 9.43 Å². The lowest BCUT2D eigenvalue weighted by atomic mass is 9.72. The molecule has 2 aromatic carbocycles. The third kappa shape index (κ3) is 5.91. The zero-order valence-electron chi connectivity index (χ0n) is 22.4. The fourth-order valence-electron chi connectivity index (χ4n) is 4.92. The molecule has 1 aliphatic rings. The first-order valence-electron chi connectivity index (χ1n) is 13.1. The monoisotopic (exact) mass is 605 g/mol. The van der Waals surface area contributed by atoms with Crippen LogP contribution in [0.15, 0.2) is 79.5 Å². The molecule has 3 aromatic heterocycles. The summed E-state index contributed by atoms with van der Waals surface area (Å²) in [6, 6.07) is 19.1. The molecule has 204 valence electrons. The van der Waals surface area contributed by atoms with Gasteiger partial charge >= 0.3 is 0 Å². The molecule has 0 saturated carbocycles. The van der Waals surface area contributed by atoms with Crippen LogP contribution in [0.1, 0.15) is 53.8 Å². The van der Waals surface area contributed by atoms with Crippen LogP contribution >= 0.6 is 46.0 Å². The first kappa shape index (κ1) is 27.3. The van der Waals surface area contributed by atoms with Gasteiger partial charge in [-0.2, -0.15) is 0 Å². The van der Waals surface area contributed by atoms with Crippen LogP contribution in [0.3, 0.4) is 0 Å². The van der Waals surface area contributed by atoms with Crippen molar-refractivity contribution < 1.29 is 9.21 Å². The molecule has 5 nitrogen and oxygen atoms in total. The molecule has 0 radical (unpaired) electrons. The minimum atomic E-state index is -0.146. The van der Waals surface area contributed by atoms with Crippen molar-refractivity contribution in [3.8, 4) is 0 Å². The van der Waals surface area contributed by atoms with Crippen LogP contribution in [0.5, 0.6) is 0 Å². The summed E-state index contributed by atoms with van der Waals surface area (Å²) in [5, 5.41) is 5.14. The number of benzene rings is 2. The zero-order valence-corrected chi connectivity index (χ0v) is 25.6. The molecule has 0 saturated heterocycles. The Labute approximate surface area is 250 Å². The van der Waals surface area contributed by atoms with Gasteiger partial charge < -0.3 is 9.73 Å². The molecule has 3 heterocycles. The van der Waals surface area contributed by atoms with Crippen molar-refractivity contribution in [2.45, 2.75) is 49.5 Å². The normalized spacial score (nSPS) is 15.6. The summed E-state index contributed by atoms with van der Waals surface area (Å²) in [6.45, 7) is 6.89. The Hall–Kier alpha value is -2.91. The number of thiazole rings is 1. The molecule has 9 heteroatoms. The minimum Gasteiger partial charge on any atom is -0.448 e. The van der Waals surface area contributed by atoms with E-state index in [4.69, 9.17) is 21.0 Å². The second-order valence-electron chi connectivity index (χ2n) is 10.9. The van der Waals surface area contributed by atoms with E-state index >= 15 is 0 Å². The Morgan fingerprint density at radius 3 is 2.70 bits per heavy atom. The van der Waals surface area contributed by atoms with Crippen LogP contribution in [0, 0.1) is 11.3 Å². The van der Waals surface area contributed by atoms with Crippen LogP contribution in [0.25, 0.3) is 10.2 Å². The zero-order chi connectivity index (χ0) is 27.9. The summed E-state index contributed by atoms with van der Waals surface area (Å²) >= 11 is 10.8. The highest BCUT2D eigenvalue weighted by molar-refractivity contribution is 8.01. The highest BCUT2D eigenvalue weighted by Gasteiger charge is 2.33. The fraction of sp³-hybridized carbons (Fsp3) is 0.258. The second kappa shape index (κ2) is 11.2. The number of hydrogen-bond acceptors (Lipinski definition) is 7. The van der Waals surface area contributed by atoms with Gasteiger partial charge in [-0.05, 0) is 96.5 Å². The molecule has 1 aliphatic carbocycles. The number of nitrogens with zero attached hydrogens (tertiary/aromatic N) is 2. The van der Waals surface area contributed by atoms with Crippen molar-refractivity contribution >= 4 is 79.1 Å². The van der Waals surface area contributed by atoms with Crippen molar-refractivity contribution in [1.29, 1.82) is 0 Å². The van der Waals surface area contributed by atoms with E-state index in [0.29, 0.717) is 33.0 Å². The Bertz CT molecular complexity index is 1680. The molecule has 5 aromatic rings. The maximum absolute atomic E-state index is 13.6. The lowest BCUT2D eigenvalue weighted by molar-refractivity contribution is 0.102. The van der Waals surface area contributed by atoms with Gasteiger partial charge in [-0.25, -0.2) is 9.98 Å². The molecule has 1 N–H and O–H groups in total. The van der Waals surface area contributed by atoms with Crippen LogP contribution in [-0.4, -0.2) is 17.1 Å². The quantitative estimate of drug-likeness (QED) is 0.196. The standard InChI is InChI=1S/C31H28ClN3O2S3/c1-31(2,3)18-8-14-22-25(16-18)38-29(27(22)28(36)34-20-11-9-19(32)10-12-20)33-17-21-13-15-26(37-21)40-30-35-23-6-4-5-7-24(23)39-30/h4-7,9-13,15,17-18H,8,14,16H2,1-3H3,(H,34,36)/t18-/m1/s1.